The van der Waals surface area contributed by atoms with E-state index in [0.717, 1.165) is 19.3 Å². The van der Waals surface area contributed by atoms with E-state index < -0.39 is 16.0 Å². The summed E-state index contributed by atoms with van der Waals surface area (Å²) in [5, 5.41) is 8.69. The van der Waals surface area contributed by atoms with Crippen LogP contribution in [0.5, 0.6) is 0 Å². The number of hydrogen-bond acceptors (Lipinski definition) is 4. The van der Waals surface area contributed by atoms with Crippen LogP contribution in [0.15, 0.2) is 0 Å². The molecule has 0 aliphatic carbocycles. The van der Waals surface area contributed by atoms with Crippen LogP contribution in [-0.2, 0) is 19.6 Å². The Kier molecular flexibility index (Phi) is 6.04. The fourth-order valence-corrected chi connectivity index (χ4v) is 3.91. The number of sulfonamides is 1. The van der Waals surface area contributed by atoms with Gasteiger partial charge in [-0.05, 0) is 19.3 Å². The maximum Gasteiger partial charge on any atom is 0.303 e. The minimum Gasteiger partial charge on any atom is -0.481 e. The van der Waals surface area contributed by atoms with E-state index in [0.29, 0.717) is 13.0 Å². The Labute approximate surface area is 108 Å². The summed E-state index contributed by atoms with van der Waals surface area (Å²) in [5.74, 6) is -0.914. The van der Waals surface area contributed by atoms with E-state index in [1.54, 1.807) is 0 Å². The van der Waals surface area contributed by atoms with E-state index in [1.165, 1.54) is 11.4 Å². The summed E-state index contributed by atoms with van der Waals surface area (Å²) in [5.41, 5.74) is 0. The molecule has 1 N–H and O–H groups in total. The predicted molar refractivity (Wildman–Crippen MR) is 66.9 cm³/mol. The van der Waals surface area contributed by atoms with Gasteiger partial charge in [0.25, 0.3) is 0 Å². The number of ether oxygens (including phenoxy) is 1. The van der Waals surface area contributed by atoms with E-state index in [9.17, 15) is 13.2 Å². The van der Waals surface area contributed by atoms with Crippen LogP contribution in [-0.4, -0.2) is 55.9 Å². The standard InChI is InChI=1S/C11H21NO5S/c1-17-8-9-18(15,16)12-7-3-2-4-10(12)5-6-11(13)14/h10H,2-9H2,1H3,(H,13,14). The topological polar surface area (TPSA) is 83.9 Å². The second-order valence-electron chi connectivity index (χ2n) is 4.50. The Morgan fingerprint density at radius 1 is 1.44 bits per heavy atom. The van der Waals surface area contributed by atoms with E-state index in [2.05, 4.69) is 0 Å². The van der Waals surface area contributed by atoms with Gasteiger partial charge in [-0.2, -0.15) is 4.31 Å². The molecule has 6 nitrogen and oxygen atoms in total. The fraction of sp³-hybridized carbons (Fsp3) is 0.909. The highest BCUT2D eigenvalue weighted by molar-refractivity contribution is 7.89. The number of carbonyl (C=O) groups is 1. The molecule has 7 heteroatoms. The minimum absolute atomic E-state index is 0.0148. The molecule has 0 radical (unpaired) electrons. The first-order chi connectivity index (χ1) is 8.47. The molecular weight excluding hydrogens is 258 g/mol. The van der Waals surface area contributed by atoms with Crippen molar-refractivity contribution in [2.45, 2.75) is 38.1 Å². The van der Waals surface area contributed by atoms with Gasteiger partial charge in [0.2, 0.25) is 10.0 Å². The molecule has 0 saturated carbocycles. The van der Waals surface area contributed by atoms with Gasteiger partial charge in [-0.25, -0.2) is 8.42 Å². The predicted octanol–water partition coefficient (Wildman–Crippen LogP) is 0.682. The van der Waals surface area contributed by atoms with Gasteiger partial charge in [0, 0.05) is 26.1 Å². The summed E-state index contributed by atoms with van der Waals surface area (Å²) >= 11 is 0. The third kappa shape index (κ3) is 4.55. The highest BCUT2D eigenvalue weighted by atomic mass is 32.2. The summed E-state index contributed by atoms with van der Waals surface area (Å²) < 4.78 is 30.5. The Hall–Kier alpha value is -0.660. The van der Waals surface area contributed by atoms with Crippen molar-refractivity contribution in [1.82, 2.24) is 4.31 Å². The first kappa shape index (κ1) is 15.4. The number of methoxy groups -OCH3 is 1. The second-order valence-corrected chi connectivity index (χ2v) is 6.54. The Balaban J connectivity index is 2.66. The van der Waals surface area contributed by atoms with Crippen LogP contribution in [0.3, 0.4) is 0 Å². The van der Waals surface area contributed by atoms with Crippen LogP contribution in [0.1, 0.15) is 32.1 Å². The van der Waals surface area contributed by atoms with E-state index in [1.807, 2.05) is 0 Å². The number of nitrogens with zero attached hydrogens (tertiary/aromatic N) is 1. The van der Waals surface area contributed by atoms with Crippen LogP contribution in [0.2, 0.25) is 0 Å². The van der Waals surface area contributed by atoms with Crippen molar-refractivity contribution in [2.24, 2.45) is 0 Å². The lowest BCUT2D eigenvalue weighted by Gasteiger charge is -2.34. The van der Waals surface area contributed by atoms with Crippen LogP contribution < -0.4 is 0 Å². The number of piperidine rings is 1. The van der Waals surface area contributed by atoms with E-state index in [4.69, 9.17) is 9.84 Å². The molecule has 0 amide bonds. The average Bonchev–Trinajstić information content (AvgIpc) is 2.34. The van der Waals surface area contributed by atoms with Gasteiger partial charge in [-0.3, -0.25) is 4.79 Å². The van der Waals surface area contributed by atoms with E-state index >= 15 is 0 Å². The van der Waals surface area contributed by atoms with Crippen molar-refractivity contribution < 1.29 is 23.1 Å². The largest absolute Gasteiger partial charge is 0.481 e. The third-order valence-corrected chi connectivity index (χ3v) is 5.05. The molecule has 1 atom stereocenters. The third-order valence-electron chi connectivity index (χ3n) is 3.17. The molecule has 106 valence electrons. The molecule has 0 aromatic rings. The summed E-state index contributed by atoms with van der Waals surface area (Å²) in [6.45, 7) is 0.667. The Morgan fingerprint density at radius 3 is 2.78 bits per heavy atom. The lowest BCUT2D eigenvalue weighted by molar-refractivity contribution is -0.137. The fourth-order valence-electron chi connectivity index (χ4n) is 2.22. The maximum absolute atomic E-state index is 12.1. The maximum atomic E-state index is 12.1. The Morgan fingerprint density at radius 2 is 2.17 bits per heavy atom. The second kappa shape index (κ2) is 7.06. The minimum atomic E-state index is -3.33. The molecule has 0 spiro atoms. The number of hydrogen-bond donors (Lipinski definition) is 1. The van der Waals surface area contributed by atoms with Crippen molar-refractivity contribution >= 4 is 16.0 Å². The molecule has 1 aliphatic heterocycles. The molecule has 0 aromatic carbocycles. The SMILES string of the molecule is COCCS(=O)(=O)N1CCCCC1CCC(=O)O. The molecule has 0 aromatic heterocycles. The van der Waals surface area contributed by atoms with Gasteiger partial charge >= 0.3 is 5.97 Å². The van der Waals surface area contributed by atoms with Gasteiger partial charge < -0.3 is 9.84 Å². The number of rotatable bonds is 7. The van der Waals surface area contributed by atoms with Crippen LogP contribution in [0.4, 0.5) is 0 Å². The van der Waals surface area contributed by atoms with Crippen molar-refractivity contribution in [2.75, 3.05) is 26.0 Å². The first-order valence-corrected chi connectivity index (χ1v) is 7.78. The highest BCUT2D eigenvalue weighted by Gasteiger charge is 2.31. The zero-order valence-electron chi connectivity index (χ0n) is 10.7. The normalized spacial score (nSPS) is 21.9. The monoisotopic (exact) mass is 279 g/mol. The molecular formula is C11H21NO5S. The smallest absolute Gasteiger partial charge is 0.303 e. The molecule has 1 unspecified atom stereocenters. The van der Waals surface area contributed by atoms with Gasteiger partial charge in [0.05, 0.1) is 12.4 Å². The van der Waals surface area contributed by atoms with Crippen LogP contribution in [0, 0.1) is 0 Å². The number of carboxylic acid groups (broad SMARTS) is 1. The quantitative estimate of drug-likeness (QED) is 0.741. The molecule has 1 saturated heterocycles. The molecule has 1 aliphatic rings. The lowest BCUT2D eigenvalue weighted by Crippen LogP contribution is -2.45. The average molecular weight is 279 g/mol. The Bertz CT molecular complexity index is 368. The molecule has 1 fully saturated rings. The number of carboxylic acids is 1. The molecule has 1 rings (SSSR count). The zero-order valence-corrected chi connectivity index (χ0v) is 11.5. The molecule has 1 heterocycles. The van der Waals surface area contributed by atoms with Gasteiger partial charge in [0.1, 0.15) is 0 Å². The molecule has 0 bridgehead atoms. The highest BCUT2D eigenvalue weighted by Crippen LogP contribution is 2.24. The van der Waals surface area contributed by atoms with Crippen LogP contribution in [0.25, 0.3) is 0 Å². The van der Waals surface area contributed by atoms with Crippen LogP contribution >= 0.6 is 0 Å². The van der Waals surface area contributed by atoms with Crippen molar-refractivity contribution in [3.63, 3.8) is 0 Å². The van der Waals surface area contributed by atoms with Gasteiger partial charge in [-0.15, -0.1) is 0 Å². The summed E-state index contributed by atoms with van der Waals surface area (Å²) in [4.78, 5) is 10.6. The molecule has 18 heavy (non-hydrogen) atoms. The van der Waals surface area contributed by atoms with Crippen molar-refractivity contribution in [1.29, 1.82) is 0 Å². The summed E-state index contributed by atoms with van der Waals surface area (Å²) in [6, 6.07) is -0.170. The van der Waals surface area contributed by atoms with Crippen molar-refractivity contribution in [3.05, 3.63) is 0 Å². The van der Waals surface area contributed by atoms with Gasteiger partial charge in [0.15, 0.2) is 0 Å². The van der Waals surface area contributed by atoms with Crippen molar-refractivity contribution in [3.8, 4) is 0 Å². The number of aliphatic carboxylic acids is 1. The summed E-state index contributed by atoms with van der Waals surface area (Å²) in [7, 11) is -1.86. The zero-order chi connectivity index (χ0) is 13.6. The van der Waals surface area contributed by atoms with Gasteiger partial charge in [-0.1, -0.05) is 6.42 Å². The summed E-state index contributed by atoms with van der Waals surface area (Å²) in [6.07, 6.45) is 2.96. The lowest BCUT2D eigenvalue weighted by atomic mass is 10.0. The van der Waals surface area contributed by atoms with E-state index in [-0.39, 0.29) is 24.8 Å². The first-order valence-electron chi connectivity index (χ1n) is 6.17.